The molecule has 0 aliphatic heterocycles. The molecule has 0 spiro atoms. The van der Waals surface area contributed by atoms with Crippen LogP contribution in [0.2, 0.25) is 0 Å². The Labute approximate surface area is 89.7 Å². The molecule has 0 aliphatic rings. The van der Waals surface area contributed by atoms with E-state index in [0.717, 1.165) is 24.2 Å². The van der Waals surface area contributed by atoms with Crippen LogP contribution in [0.5, 0.6) is 5.75 Å². The van der Waals surface area contributed by atoms with Gasteiger partial charge in [0.2, 0.25) is 0 Å². The van der Waals surface area contributed by atoms with Crippen LogP contribution in [0, 0.1) is 6.92 Å². The first-order valence-electron chi connectivity index (χ1n) is 4.76. The predicted molar refractivity (Wildman–Crippen MR) is 64.3 cm³/mol. The first-order chi connectivity index (χ1) is 6.74. The zero-order chi connectivity index (χ0) is 10.4. The molecule has 0 aliphatic carbocycles. The third kappa shape index (κ3) is 3.50. The highest BCUT2D eigenvalue weighted by Crippen LogP contribution is 2.20. The highest BCUT2D eigenvalue weighted by Gasteiger charge is 1.97. The lowest BCUT2D eigenvalue weighted by Gasteiger charge is -2.07. The highest BCUT2D eigenvalue weighted by atomic mass is 32.2. The summed E-state index contributed by atoms with van der Waals surface area (Å²) in [4.78, 5) is 0. The van der Waals surface area contributed by atoms with Gasteiger partial charge in [-0.1, -0.05) is 6.07 Å². The van der Waals surface area contributed by atoms with Gasteiger partial charge in [-0.3, -0.25) is 0 Å². The summed E-state index contributed by atoms with van der Waals surface area (Å²) in [5.41, 5.74) is 1.91. The summed E-state index contributed by atoms with van der Waals surface area (Å²) in [6, 6.07) is 5.69. The van der Waals surface area contributed by atoms with Gasteiger partial charge in [-0.05, 0) is 37.0 Å². The fourth-order valence-corrected chi connectivity index (χ4v) is 1.60. The molecule has 2 N–H and O–H groups in total. The maximum atomic E-state index is 9.46. The van der Waals surface area contributed by atoms with Crippen LogP contribution >= 0.6 is 11.8 Å². The number of rotatable bonds is 5. The number of hydrogen-bond acceptors (Lipinski definition) is 3. The third-order valence-corrected chi connectivity index (χ3v) is 2.76. The van der Waals surface area contributed by atoms with E-state index in [-0.39, 0.29) is 0 Å². The fraction of sp³-hybridized carbons (Fsp3) is 0.455. The van der Waals surface area contributed by atoms with Gasteiger partial charge in [-0.15, -0.1) is 0 Å². The first-order valence-corrected chi connectivity index (χ1v) is 6.16. The van der Waals surface area contributed by atoms with Crippen molar-refractivity contribution in [2.45, 2.75) is 13.3 Å². The topological polar surface area (TPSA) is 32.3 Å². The van der Waals surface area contributed by atoms with Crippen LogP contribution in [0.15, 0.2) is 18.2 Å². The second kappa shape index (κ2) is 5.81. The second-order valence-corrected chi connectivity index (χ2v) is 4.26. The minimum absolute atomic E-state index is 0.361. The molecule has 0 bridgehead atoms. The minimum Gasteiger partial charge on any atom is -0.508 e. The smallest absolute Gasteiger partial charge is 0.120 e. The predicted octanol–water partition coefficient (Wildman–Crippen LogP) is 2.87. The summed E-state index contributed by atoms with van der Waals surface area (Å²) in [5, 5.41) is 12.7. The Morgan fingerprint density at radius 3 is 2.86 bits per heavy atom. The van der Waals surface area contributed by atoms with Crippen LogP contribution < -0.4 is 5.32 Å². The van der Waals surface area contributed by atoms with E-state index in [9.17, 15) is 5.11 Å². The Morgan fingerprint density at radius 2 is 2.21 bits per heavy atom. The zero-order valence-electron chi connectivity index (χ0n) is 8.71. The maximum absolute atomic E-state index is 9.46. The average Bonchev–Trinajstić information content (AvgIpc) is 2.18. The van der Waals surface area contributed by atoms with Gasteiger partial charge in [0.1, 0.15) is 5.75 Å². The van der Waals surface area contributed by atoms with Gasteiger partial charge in [-0.2, -0.15) is 11.8 Å². The molecule has 0 fully saturated rings. The van der Waals surface area contributed by atoms with Crippen molar-refractivity contribution in [2.75, 3.05) is 23.9 Å². The van der Waals surface area contributed by atoms with Crippen molar-refractivity contribution >= 4 is 17.4 Å². The van der Waals surface area contributed by atoms with Gasteiger partial charge in [0.05, 0.1) is 0 Å². The van der Waals surface area contributed by atoms with Crippen LogP contribution in [0.25, 0.3) is 0 Å². The fourth-order valence-electron chi connectivity index (χ4n) is 1.17. The lowest BCUT2D eigenvalue weighted by Crippen LogP contribution is -2.02. The molecule has 0 unspecified atom stereocenters. The van der Waals surface area contributed by atoms with Gasteiger partial charge < -0.3 is 10.4 Å². The Bertz CT molecular complexity index is 289. The van der Waals surface area contributed by atoms with E-state index >= 15 is 0 Å². The van der Waals surface area contributed by atoms with Crippen molar-refractivity contribution in [3.05, 3.63) is 23.8 Å². The lowest BCUT2D eigenvalue weighted by atomic mass is 10.2. The number of benzene rings is 1. The molecule has 0 atom stereocenters. The van der Waals surface area contributed by atoms with Gasteiger partial charge in [-0.25, -0.2) is 0 Å². The van der Waals surface area contributed by atoms with Crippen molar-refractivity contribution < 1.29 is 5.11 Å². The first kappa shape index (κ1) is 11.2. The Hall–Kier alpha value is -0.830. The number of phenols is 1. The molecule has 0 aromatic heterocycles. The number of nitrogens with one attached hydrogen (secondary N) is 1. The van der Waals surface area contributed by atoms with Crippen LogP contribution in [-0.2, 0) is 0 Å². The van der Waals surface area contributed by atoms with Crippen LogP contribution in [0.3, 0.4) is 0 Å². The molecule has 0 heterocycles. The van der Waals surface area contributed by atoms with Crippen LogP contribution in [-0.4, -0.2) is 23.7 Å². The highest BCUT2D eigenvalue weighted by molar-refractivity contribution is 7.98. The molecule has 2 nitrogen and oxygen atoms in total. The molecule has 0 amide bonds. The van der Waals surface area contributed by atoms with Gasteiger partial charge >= 0.3 is 0 Å². The molecular formula is C11H17NOS. The maximum Gasteiger partial charge on any atom is 0.120 e. The van der Waals surface area contributed by atoms with E-state index in [1.165, 1.54) is 5.75 Å². The molecule has 1 aromatic rings. The zero-order valence-corrected chi connectivity index (χ0v) is 9.53. The van der Waals surface area contributed by atoms with Crippen LogP contribution in [0.4, 0.5) is 5.69 Å². The van der Waals surface area contributed by atoms with Gasteiger partial charge in [0.25, 0.3) is 0 Å². The third-order valence-electron chi connectivity index (χ3n) is 2.06. The van der Waals surface area contributed by atoms with Crippen molar-refractivity contribution in [2.24, 2.45) is 0 Å². The van der Waals surface area contributed by atoms with Crippen molar-refractivity contribution in [1.82, 2.24) is 0 Å². The Kier molecular flexibility index (Phi) is 4.66. The van der Waals surface area contributed by atoms with E-state index in [2.05, 4.69) is 11.6 Å². The molecule has 0 saturated carbocycles. The van der Waals surface area contributed by atoms with E-state index < -0.39 is 0 Å². The quantitative estimate of drug-likeness (QED) is 0.735. The number of hydrogen-bond donors (Lipinski definition) is 2. The summed E-state index contributed by atoms with van der Waals surface area (Å²) in [6.07, 6.45) is 3.26. The Morgan fingerprint density at radius 1 is 1.43 bits per heavy atom. The summed E-state index contributed by atoms with van der Waals surface area (Å²) in [5.74, 6) is 1.53. The average molecular weight is 211 g/mol. The number of phenolic OH excluding ortho intramolecular Hbond substituents is 1. The van der Waals surface area contributed by atoms with E-state index in [4.69, 9.17) is 0 Å². The summed E-state index contributed by atoms with van der Waals surface area (Å²) >= 11 is 1.85. The van der Waals surface area contributed by atoms with Crippen molar-refractivity contribution in [3.8, 4) is 5.75 Å². The van der Waals surface area contributed by atoms with Gasteiger partial charge in [0, 0.05) is 18.3 Å². The molecule has 1 aromatic carbocycles. The molecular weight excluding hydrogens is 194 g/mol. The van der Waals surface area contributed by atoms with E-state index in [1.807, 2.05) is 30.8 Å². The molecule has 0 saturated heterocycles. The standard InChI is InChI=1S/C11H17NOS/c1-9-4-5-10(8-11(9)13)12-6-3-7-14-2/h4-5,8,12-13H,3,6-7H2,1-2H3. The summed E-state index contributed by atoms with van der Waals surface area (Å²) < 4.78 is 0. The number of anilines is 1. The second-order valence-electron chi connectivity index (χ2n) is 3.27. The molecule has 14 heavy (non-hydrogen) atoms. The SMILES string of the molecule is CSCCCNc1ccc(C)c(O)c1. The van der Waals surface area contributed by atoms with E-state index in [0.29, 0.717) is 5.75 Å². The van der Waals surface area contributed by atoms with Crippen molar-refractivity contribution in [1.29, 1.82) is 0 Å². The van der Waals surface area contributed by atoms with Crippen molar-refractivity contribution in [3.63, 3.8) is 0 Å². The van der Waals surface area contributed by atoms with Crippen LogP contribution in [0.1, 0.15) is 12.0 Å². The van der Waals surface area contributed by atoms with E-state index in [1.54, 1.807) is 6.07 Å². The monoisotopic (exact) mass is 211 g/mol. The number of aromatic hydroxyl groups is 1. The molecule has 0 radical (unpaired) electrons. The largest absolute Gasteiger partial charge is 0.508 e. The van der Waals surface area contributed by atoms with Gasteiger partial charge in [0.15, 0.2) is 0 Å². The lowest BCUT2D eigenvalue weighted by molar-refractivity contribution is 0.471. The molecule has 1 rings (SSSR count). The summed E-state index contributed by atoms with van der Waals surface area (Å²) in [7, 11) is 0. The normalized spacial score (nSPS) is 10.1. The summed E-state index contributed by atoms with van der Waals surface area (Å²) in [6.45, 7) is 2.86. The molecule has 3 heteroatoms. The number of aryl methyl sites for hydroxylation is 1. The molecule has 78 valence electrons. The number of thioether (sulfide) groups is 1. The minimum atomic E-state index is 0.361. The Balaban J connectivity index is 2.39.